The molecule has 5 heterocycles. The van der Waals surface area contributed by atoms with Crippen LogP contribution in [-0.4, -0.2) is 94.2 Å². The largest absolute Gasteiger partial charge is 0.508 e. The number of ether oxygens (including phenoxy) is 2. The quantitative estimate of drug-likeness (QED) is 0.229. The number of nitrogens with one attached hydrogen (secondary N) is 1. The lowest BCUT2D eigenvalue weighted by atomic mass is 9.94. The van der Waals surface area contributed by atoms with Crippen molar-refractivity contribution < 1.29 is 28.5 Å². The third-order valence-corrected chi connectivity index (χ3v) is 11.8. The van der Waals surface area contributed by atoms with E-state index < -0.39 is 11.6 Å². The molecule has 0 bridgehead atoms. The number of aryl methyl sites for hydroxylation is 1. The molecule has 5 aliphatic rings. The van der Waals surface area contributed by atoms with Crippen molar-refractivity contribution in [2.45, 2.75) is 64.1 Å². The first-order valence-corrected chi connectivity index (χ1v) is 17.8. The Morgan fingerprint density at radius 2 is 1.96 bits per heavy atom. The Morgan fingerprint density at radius 1 is 1.10 bits per heavy atom. The first-order chi connectivity index (χ1) is 23.8. The summed E-state index contributed by atoms with van der Waals surface area (Å²) >= 11 is 0. The molecule has 0 spiro atoms. The molecular formula is C37H42F2N6O4. The van der Waals surface area contributed by atoms with Crippen LogP contribution in [0.5, 0.6) is 17.6 Å². The summed E-state index contributed by atoms with van der Waals surface area (Å²) in [5.74, 6) is 0.834. The normalized spacial score (nSPS) is 26.7. The van der Waals surface area contributed by atoms with E-state index in [1.165, 1.54) is 18.6 Å². The molecular weight excluding hydrogens is 630 g/mol. The van der Waals surface area contributed by atoms with Gasteiger partial charge in [0.15, 0.2) is 5.82 Å². The number of likely N-dealkylation sites (tertiary alicyclic amines) is 1. The number of aromatic hydroxyl groups is 1. The number of hydrogen-bond donors (Lipinski definition) is 3. The van der Waals surface area contributed by atoms with Crippen LogP contribution in [0.4, 0.5) is 14.6 Å². The van der Waals surface area contributed by atoms with Crippen LogP contribution in [-0.2, 0) is 6.42 Å². The molecule has 2 aliphatic carbocycles. The van der Waals surface area contributed by atoms with E-state index in [1.807, 2.05) is 6.92 Å². The number of aromatic nitrogens is 3. The van der Waals surface area contributed by atoms with Gasteiger partial charge >= 0.3 is 6.01 Å². The fourth-order valence-corrected chi connectivity index (χ4v) is 8.68. The fraction of sp³-hybridized carbons (Fsp3) is 0.541. The number of benzene rings is 2. The van der Waals surface area contributed by atoms with Crippen molar-refractivity contribution in [1.29, 1.82) is 0 Å². The highest BCUT2D eigenvalue weighted by Gasteiger charge is 2.55. The van der Waals surface area contributed by atoms with E-state index >= 15 is 8.78 Å². The maximum absolute atomic E-state index is 17.1. The standard InChI is InChI=1S/C37H42F2N6O4/c1-3-21-14-45-22(12-40-21)16-48-35-30-33(31(39)32(41-35)26-11-23(47)9-19-5-6-27(38)24(4-2)29(19)26)42-36(43-34(30)45)49-18-37(7-8-37)17-44-13-20-10-25(20)28(44)15-46/h5-6,9,11,20-22,25,28,40,46-47H,3-4,7-8,10,12-18H2,1-2H3/t20-,21?,22+,25-,28-/m1/s1. The Bertz CT molecular complexity index is 1970. The van der Waals surface area contributed by atoms with Gasteiger partial charge in [0.25, 0.3) is 0 Å². The van der Waals surface area contributed by atoms with Crippen molar-refractivity contribution >= 4 is 27.5 Å². The van der Waals surface area contributed by atoms with E-state index in [9.17, 15) is 10.2 Å². The summed E-state index contributed by atoms with van der Waals surface area (Å²) in [4.78, 5) is 19.0. The van der Waals surface area contributed by atoms with E-state index in [2.05, 4.69) is 22.0 Å². The average molecular weight is 673 g/mol. The molecule has 5 atom stereocenters. The minimum atomic E-state index is -0.710. The van der Waals surface area contributed by atoms with Crippen molar-refractivity contribution in [2.75, 3.05) is 50.9 Å². The van der Waals surface area contributed by atoms with E-state index in [-0.39, 0.29) is 64.6 Å². The Balaban J connectivity index is 1.16. The zero-order valence-electron chi connectivity index (χ0n) is 27.9. The number of rotatable bonds is 9. The van der Waals surface area contributed by atoms with Gasteiger partial charge in [0.1, 0.15) is 40.6 Å². The summed E-state index contributed by atoms with van der Waals surface area (Å²) in [6.07, 6.45) is 4.52. The minimum Gasteiger partial charge on any atom is -0.508 e. The SMILES string of the molecule is CCc1c(F)ccc2cc(O)cc(-c3nc4c5c(nc(OCC6(CN7C[C@H]8C[C@H]8[C@H]7CO)CC6)nc5c3F)N3CC(CC)NC[C@H]3CO4)c12. The fourth-order valence-electron chi connectivity index (χ4n) is 8.68. The maximum Gasteiger partial charge on any atom is 0.319 e. The second-order valence-electron chi connectivity index (χ2n) is 14.9. The molecule has 2 saturated carbocycles. The Kier molecular flexibility index (Phi) is 7.37. The van der Waals surface area contributed by atoms with Crippen molar-refractivity contribution in [3.05, 3.63) is 41.5 Å². The van der Waals surface area contributed by atoms with Crippen LogP contribution in [0.3, 0.4) is 0 Å². The number of piperidine rings is 1. The van der Waals surface area contributed by atoms with E-state index in [0.717, 1.165) is 32.4 Å². The molecule has 2 aromatic carbocycles. The molecule has 2 aromatic heterocycles. The lowest BCUT2D eigenvalue weighted by molar-refractivity contribution is 0.0966. The molecule has 4 fully saturated rings. The smallest absolute Gasteiger partial charge is 0.319 e. The number of fused-ring (bicyclic) bond motifs is 4. The highest BCUT2D eigenvalue weighted by atomic mass is 19.1. The van der Waals surface area contributed by atoms with Crippen molar-refractivity contribution in [1.82, 2.24) is 25.2 Å². The van der Waals surface area contributed by atoms with E-state index in [0.29, 0.717) is 72.1 Å². The molecule has 9 rings (SSSR count). The third-order valence-electron chi connectivity index (χ3n) is 11.8. The van der Waals surface area contributed by atoms with Crippen LogP contribution in [0.2, 0.25) is 0 Å². The van der Waals surface area contributed by atoms with Crippen LogP contribution < -0.4 is 19.7 Å². The van der Waals surface area contributed by atoms with Gasteiger partial charge in [-0.1, -0.05) is 19.9 Å². The van der Waals surface area contributed by atoms with Gasteiger partial charge in [0.05, 0.1) is 19.3 Å². The van der Waals surface area contributed by atoms with Crippen molar-refractivity contribution in [2.24, 2.45) is 17.3 Å². The number of halogens is 2. The molecule has 258 valence electrons. The highest BCUT2D eigenvalue weighted by molar-refractivity contribution is 6.03. The maximum atomic E-state index is 17.1. The number of phenols is 1. The number of piperazine rings is 1. The molecule has 49 heavy (non-hydrogen) atoms. The minimum absolute atomic E-state index is 0.0167. The van der Waals surface area contributed by atoms with Crippen LogP contribution in [0, 0.1) is 28.9 Å². The van der Waals surface area contributed by atoms with Crippen LogP contribution in [0.1, 0.15) is 45.1 Å². The first kappa shape index (κ1) is 31.1. The summed E-state index contributed by atoms with van der Waals surface area (Å²) in [7, 11) is 0. The lowest BCUT2D eigenvalue weighted by Crippen LogP contribution is -2.58. The number of anilines is 1. The topological polar surface area (TPSA) is 116 Å². The lowest BCUT2D eigenvalue weighted by Gasteiger charge is -2.39. The molecule has 12 heteroatoms. The van der Waals surface area contributed by atoms with Gasteiger partial charge in [-0.2, -0.15) is 9.97 Å². The van der Waals surface area contributed by atoms with Gasteiger partial charge in [-0.05, 0) is 78.5 Å². The molecule has 0 amide bonds. The Morgan fingerprint density at radius 3 is 2.73 bits per heavy atom. The monoisotopic (exact) mass is 672 g/mol. The number of phenolic OH excluding ortho intramolecular Hbond substituents is 1. The summed E-state index contributed by atoms with van der Waals surface area (Å²) in [5, 5.41) is 25.8. The average Bonchev–Trinajstić information content (AvgIpc) is 4.03. The molecule has 4 aromatic rings. The van der Waals surface area contributed by atoms with Gasteiger partial charge in [-0.3, -0.25) is 4.90 Å². The first-order valence-electron chi connectivity index (χ1n) is 17.8. The molecule has 2 saturated heterocycles. The van der Waals surface area contributed by atoms with Gasteiger partial charge in [0.2, 0.25) is 5.88 Å². The van der Waals surface area contributed by atoms with Gasteiger partial charge in [-0.25, -0.2) is 13.8 Å². The summed E-state index contributed by atoms with van der Waals surface area (Å²) in [5.41, 5.74) is 0.559. The summed E-state index contributed by atoms with van der Waals surface area (Å²) in [6.45, 7) is 8.03. The predicted octanol–water partition coefficient (Wildman–Crippen LogP) is 4.81. The molecule has 3 aliphatic heterocycles. The third kappa shape index (κ3) is 5.17. The number of aliphatic hydroxyl groups excluding tert-OH is 1. The zero-order valence-corrected chi connectivity index (χ0v) is 27.9. The Labute approximate surface area is 283 Å². The second-order valence-corrected chi connectivity index (χ2v) is 14.9. The van der Waals surface area contributed by atoms with Crippen LogP contribution in [0.15, 0.2) is 24.3 Å². The Hall–Kier alpha value is -3.87. The number of aliphatic hydroxyl groups is 1. The summed E-state index contributed by atoms with van der Waals surface area (Å²) < 4.78 is 45.0. The second kappa shape index (κ2) is 11.6. The van der Waals surface area contributed by atoms with Crippen LogP contribution >= 0.6 is 0 Å². The number of hydrogen-bond acceptors (Lipinski definition) is 10. The van der Waals surface area contributed by atoms with Crippen molar-refractivity contribution in [3.63, 3.8) is 0 Å². The molecule has 10 nitrogen and oxygen atoms in total. The number of nitrogens with zero attached hydrogens (tertiary/aromatic N) is 5. The predicted molar refractivity (Wildman–Crippen MR) is 181 cm³/mol. The van der Waals surface area contributed by atoms with E-state index in [4.69, 9.17) is 24.4 Å². The molecule has 3 N–H and O–H groups in total. The highest BCUT2D eigenvalue weighted by Crippen LogP contribution is 2.54. The van der Waals surface area contributed by atoms with Gasteiger partial charge < -0.3 is 29.9 Å². The van der Waals surface area contributed by atoms with Crippen molar-refractivity contribution in [3.8, 4) is 28.9 Å². The molecule has 1 unspecified atom stereocenters. The van der Waals surface area contributed by atoms with Gasteiger partial charge in [0, 0.05) is 49.2 Å². The number of pyridine rings is 1. The zero-order chi connectivity index (χ0) is 33.6. The summed E-state index contributed by atoms with van der Waals surface area (Å²) in [6, 6.07) is 6.37. The van der Waals surface area contributed by atoms with E-state index in [1.54, 1.807) is 12.1 Å². The molecule has 0 radical (unpaired) electrons. The van der Waals surface area contributed by atoms with Gasteiger partial charge in [-0.15, -0.1) is 0 Å². The van der Waals surface area contributed by atoms with Crippen LogP contribution in [0.25, 0.3) is 32.9 Å².